The second-order valence-electron chi connectivity index (χ2n) is 23.2. The summed E-state index contributed by atoms with van der Waals surface area (Å²) in [5, 5.41) is 120. The number of unbranched alkanes of at least 4 members (excludes halogenated alkanes) is 28. The molecule has 0 spiro atoms. The molecular weight excluding hydrogens is 1050 g/mol. The highest BCUT2D eigenvalue weighted by atomic mass is 16.8. The van der Waals surface area contributed by atoms with Crippen LogP contribution in [-0.4, -0.2) is 193 Å². The van der Waals surface area contributed by atoms with Crippen LogP contribution in [0.4, 0.5) is 0 Å². The summed E-state index contributed by atoms with van der Waals surface area (Å²) in [6.07, 6.45) is 21.1. The lowest BCUT2D eigenvalue weighted by Gasteiger charge is -2.48. The molecule has 3 aliphatic rings. The monoisotopic (exact) mass is 1160 g/mol. The van der Waals surface area contributed by atoms with Crippen LogP contribution in [0.1, 0.15) is 232 Å². The number of allylic oxidation sites excluding steroid dienone is 4. The maximum Gasteiger partial charge on any atom is 0.220 e. The van der Waals surface area contributed by atoms with Gasteiger partial charge in [0.15, 0.2) is 18.9 Å². The SMILES string of the molecule is CCCCCC/C=C\C/C=C\CCCCCCCC(=O)NC(COC1OC(CO)C(OC2OC(CO)C(OC3OC(CO)C(O)C(O)C3O)C(O)C2O)C(O)C1O)C(O)CCCCCCCCCCCCCCCCCCCCCC. The molecule has 19 nitrogen and oxygen atoms in total. The van der Waals surface area contributed by atoms with Crippen molar-refractivity contribution in [1.29, 1.82) is 0 Å². The maximum absolute atomic E-state index is 13.4. The van der Waals surface area contributed by atoms with Gasteiger partial charge in [0, 0.05) is 6.42 Å². The van der Waals surface area contributed by atoms with Gasteiger partial charge in [-0.25, -0.2) is 0 Å². The molecule has 0 saturated carbocycles. The highest BCUT2D eigenvalue weighted by Crippen LogP contribution is 2.33. The molecule has 1 amide bonds. The Balaban J connectivity index is 1.48. The lowest BCUT2D eigenvalue weighted by atomic mass is 9.96. The first kappa shape index (κ1) is 73.5. The van der Waals surface area contributed by atoms with E-state index >= 15 is 0 Å². The Labute approximate surface area is 486 Å². The average molecular weight is 1160 g/mol. The molecule has 0 radical (unpaired) electrons. The van der Waals surface area contributed by atoms with E-state index in [1.165, 1.54) is 128 Å². The van der Waals surface area contributed by atoms with Gasteiger partial charge < -0.3 is 89.9 Å². The van der Waals surface area contributed by atoms with Gasteiger partial charge in [-0.15, -0.1) is 0 Å². The zero-order valence-corrected chi connectivity index (χ0v) is 49.8. The summed E-state index contributed by atoms with van der Waals surface area (Å²) < 4.78 is 34.3. The molecule has 12 N–H and O–H groups in total. The third-order valence-corrected chi connectivity index (χ3v) is 16.3. The highest BCUT2D eigenvalue weighted by Gasteiger charge is 2.53. The fourth-order valence-electron chi connectivity index (χ4n) is 11.0. The zero-order valence-electron chi connectivity index (χ0n) is 49.8. The van der Waals surface area contributed by atoms with E-state index in [1.54, 1.807) is 0 Å². The summed E-state index contributed by atoms with van der Waals surface area (Å²) in [5.41, 5.74) is 0. The van der Waals surface area contributed by atoms with Gasteiger partial charge in [0.1, 0.15) is 73.2 Å². The molecule has 0 aliphatic carbocycles. The summed E-state index contributed by atoms with van der Waals surface area (Å²) in [4.78, 5) is 13.4. The van der Waals surface area contributed by atoms with Crippen molar-refractivity contribution < 1.29 is 89.4 Å². The van der Waals surface area contributed by atoms with Gasteiger partial charge >= 0.3 is 0 Å². The van der Waals surface area contributed by atoms with Gasteiger partial charge in [-0.1, -0.05) is 205 Å². The molecule has 17 atom stereocenters. The molecule has 3 fully saturated rings. The van der Waals surface area contributed by atoms with E-state index in [0.717, 1.165) is 70.6 Å². The predicted molar refractivity (Wildman–Crippen MR) is 310 cm³/mol. The summed E-state index contributed by atoms with van der Waals surface area (Å²) in [7, 11) is 0. The van der Waals surface area contributed by atoms with Gasteiger partial charge in [0.05, 0.1) is 38.6 Å². The molecule has 3 aliphatic heterocycles. The maximum atomic E-state index is 13.4. The predicted octanol–water partition coefficient (Wildman–Crippen LogP) is 6.71. The van der Waals surface area contributed by atoms with Crippen molar-refractivity contribution >= 4 is 5.91 Å². The minimum absolute atomic E-state index is 0.252. The number of carbonyl (C=O) groups excluding carboxylic acids is 1. The molecule has 3 saturated heterocycles. The number of hydrogen-bond donors (Lipinski definition) is 12. The van der Waals surface area contributed by atoms with Crippen LogP contribution in [0, 0.1) is 0 Å². The van der Waals surface area contributed by atoms with Crippen molar-refractivity contribution in [2.24, 2.45) is 0 Å². The number of aliphatic hydroxyl groups is 11. The van der Waals surface area contributed by atoms with Crippen molar-refractivity contribution in [2.75, 3.05) is 26.4 Å². The van der Waals surface area contributed by atoms with Crippen LogP contribution in [0.5, 0.6) is 0 Å². The Bertz CT molecular complexity index is 1580. The van der Waals surface area contributed by atoms with E-state index in [1.807, 2.05) is 0 Å². The molecule has 0 aromatic heterocycles. The fourth-order valence-corrected chi connectivity index (χ4v) is 11.0. The number of aliphatic hydroxyl groups excluding tert-OH is 11. The van der Waals surface area contributed by atoms with E-state index in [9.17, 15) is 61.0 Å². The molecule has 3 heterocycles. The highest BCUT2D eigenvalue weighted by molar-refractivity contribution is 5.76. The summed E-state index contributed by atoms with van der Waals surface area (Å²) in [6, 6.07) is -0.893. The summed E-state index contributed by atoms with van der Waals surface area (Å²) in [6.45, 7) is 1.78. The Hall–Kier alpha value is -1.73. The van der Waals surface area contributed by atoms with Gasteiger partial charge in [-0.05, 0) is 44.9 Å². The summed E-state index contributed by atoms with van der Waals surface area (Å²) >= 11 is 0. The first-order chi connectivity index (χ1) is 39.3. The smallest absolute Gasteiger partial charge is 0.220 e. The van der Waals surface area contributed by atoms with Crippen molar-refractivity contribution in [3.05, 3.63) is 24.3 Å². The van der Waals surface area contributed by atoms with Crippen molar-refractivity contribution in [3.8, 4) is 0 Å². The zero-order chi connectivity index (χ0) is 59.0. The Morgan fingerprint density at radius 1 is 0.444 bits per heavy atom. The Kier molecular flexibility index (Phi) is 41.4. The van der Waals surface area contributed by atoms with Crippen molar-refractivity contribution in [1.82, 2.24) is 5.32 Å². The van der Waals surface area contributed by atoms with E-state index < -0.39 is 124 Å². The summed E-state index contributed by atoms with van der Waals surface area (Å²) in [5.74, 6) is -0.255. The van der Waals surface area contributed by atoms with Crippen LogP contribution in [0.15, 0.2) is 24.3 Å². The number of carbonyl (C=O) groups is 1. The molecule has 476 valence electrons. The molecule has 17 unspecified atom stereocenters. The van der Waals surface area contributed by atoms with Gasteiger partial charge in [0.25, 0.3) is 0 Å². The minimum atomic E-state index is -1.97. The number of rotatable bonds is 48. The normalized spacial score (nSPS) is 29.9. The average Bonchev–Trinajstić information content (AvgIpc) is 3.47. The van der Waals surface area contributed by atoms with E-state index in [2.05, 4.69) is 43.5 Å². The van der Waals surface area contributed by atoms with Crippen LogP contribution in [0.25, 0.3) is 0 Å². The third kappa shape index (κ3) is 29.0. The topological polar surface area (TPSA) is 307 Å². The second-order valence-corrected chi connectivity index (χ2v) is 23.2. The first-order valence-electron chi connectivity index (χ1n) is 32.1. The molecule has 0 aromatic rings. The molecule has 81 heavy (non-hydrogen) atoms. The van der Waals surface area contributed by atoms with Crippen LogP contribution >= 0.6 is 0 Å². The van der Waals surface area contributed by atoms with Gasteiger partial charge in [-0.2, -0.15) is 0 Å². The second kappa shape index (κ2) is 45.6. The van der Waals surface area contributed by atoms with Gasteiger partial charge in [0.2, 0.25) is 5.91 Å². The molecule has 3 rings (SSSR count). The van der Waals surface area contributed by atoms with Crippen LogP contribution in [0.2, 0.25) is 0 Å². The third-order valence-electron chi connectivity index (χ3n) is 16.3. The quantitative estimate of drug-likeness (QED) is 0.0222. The van der Waals surface area contributed by atoms with Crippen LogP contribution in [0.3, 0.4) is 0 Å². The number of hydrogen-bond acceptors (Lipinski definition) is 18. The van der Waals surface area contributed by atoms with Crippen molar-refractivity contribution in [2.45, 2.75) is 336 Å². The van der Waals surface area contributed by atoms with Crippen molar-refractivity contribution in [3.63, 3.8) is 0 Å². The van der Waals surface area contributed by atoms with E-state index in [4.69, 9.17) is 28.4 Å². The molecular formula is C62H115NO18. The van der Waals surface area contributed by atoms with Gasteiger partial charge in [-0.3, -0.25) is 4.79 Å². The van der Waals surface area contributed by atoms with Crippen LogP contribution in [-0.2, 0) is 33.2 Å². The largest absolute Gasteiger partial charge is 0.394 e. The fraction of sp³-hybridized carbons (Fsp3) is 0.919. The molecule has 19 heteroatoms. The lowest BCUT2D eigenvalue weighted by molar-refractivity contribution is -0.379. The number of amides is 1. The number of nitrogens with one attached hydrogen (secondary N) is 1. The van der Waals surface area contributed by atoms with E-state index in [-0.39, 0.29) is 18.9 Å². The van der Waals surface area contributed by atoms with E-state index in [0.29, 0.717) is 12.8 Å². The molecule has 0 bridgehead atoms. The Morgan fingerprint density at radius 3 is 1.27 bits per heavy atom. The van der Waals surface area contributed by atoms with Crippen LogP contribution < -0.4 is 5.32 Å². The lowest BCUT2D eigenvalue weighted by Crippen LogP contribution is -2.66. The standard InChI is InChI=1S/C62H115NO18/c1-3-5-7-9-11-13-15-17-19-21-22-23-24-25-27-29-31-33-35-37-39-46(67)45(63-50(68)40-38-36-34-32-30-28-26-20-18-16-14-12-10-8-6-4-2)44-76-60-56(74)53(71)58(48(42-65)78-60)81-62-57(75)54(72)59(49(43-66)79-62)80-61-55(73)52(70)51(69)47(41-64)77-61/h14,16,20,26,45-49,51-62,64-67,69-75H,3-13,15,17-19,21-25,27-44H2,1-2H3,(H,63,68)/b16-14-,26-20-. The Morgan fingerprint density at radius 2 is 0.815 bits per heavy atom. The number of ether oxygens (including phenoxy) is 6. The molecule has 0 aromatic carbocycles. The first-order valence-corrected chi connectivity index (χ1v) is 32.1. The minimum Gasteiger partial charge on any atom is -0.394 e.